The fourth-order valence-electron chi connectivity index (χ4n) is 2.47. The maximum atomic E-state index is 12.4. The summed E-state index contributed by atoms with van der Waals surface area (Å²) in [5.41, 5.74) is 6.23. The Bertz CT molecular complexity index is 949. The maximum Gasteiger partial charge on any atom is 0.277 e. The highest BCUT2D eigenvalue weighted by Crippen LogP contribution is 2.24. The third kappa shape index (κ3) is 4.38. The van der Waals surface area contributed by atoms with E-state index in [9.17, 15) is 9.59 Å². The van der Waals surface area contributed by atoms with Crippen molar-refractivity contribution in [3.63, 3.8) is 0 Å². The third-order valence-corrected chi connectivity index (χ3v) is 3.88. The predicted molar refractivity (Wildman–Crippen MR) is 101 cm³/mol. The van der Waals surface area contributed by atoms with Crippen LogP contribution in [-0.4, -0.2) is 37.2 Å². The second-order valence-electron chi connectivity index (χ2n) is 5.82. The van der Waals surface area contributed by atoms with Crippen molar-refractivity contribution in [3.8, 4) is 17.3 Å². The second kappa shape index (κ2) is 8.87. The Kier molecular flexibility index (Phi) is 6.07. The Morgan fingerprint density at radius 3 is 2.75 bits per heavy atom. The normalized spacial score (nSPS) is 10.5. The lowest BCUT2D eigenvalue weighted by Crippen LogP contribution is -2.26. The number of benzene rings is 1. The van der Waals surface area contributed by atoms with Crippen LogP contribution < -0.4 is 21.1 Å². The van der Waals surface area contributed by atoms with Gasteiger partial charge >= 0.3 is 0 Å². The van der Waals surface area contributed by atoms with Gasteiger partial charge in [0.25, 0.3) is 11.8 Å². The van der Waals surface area contributed by atoms with Crippen LogP contribution in [0.15, 0.2) is 51.6 Å². The average Bonchev–Trinajstić information content (AvgIpc) is 3.39. The van der Waals surface area contributed by atoms with E-state index < -0.39 is 5.91 Å². The number of amides is 2. The summed E-state index contributed by atoms with van der Waals surface area (Å²) in [5.74, 6) is 0.395. The van der Waals surface area contributed by atoms with Crippen LogP contribution in [0.25, 0.3) is 11.5 Å². The Hall–Kier alpha value is -3.59. The van der Waals surface area contributed by atoms with Gasteiger partial charge in [0.15, 0.2) is 11.5 Å². The number of furan rings is 1. The number of ether oxygens (including phenoxy) is 1. The van der Waals surface area contributed by atoms with Crippen molar-refractivity contribution >= 4 is 17.5 Å². The van der Waals surface area contributed by atoms with Gasteiger partial charge in [-0.25, -0.2) is 0 Å². The number of carbonyl (C=O) groups is 2. The van der Waals surface area contributed by atoms with Crippen LogP contribution in [-0.2, 0) is 0 Å². The lowest BCUT2D eigenvalue weighted by Gasteiger charge is -2.11. The summed E-state index contributed by atoms with van der Waals surface area (Å²) in [7, 11) is 1.47. The van der Waals surface area contributed by atoms with Crippen molar-refractivity contribution in [2.75, 3.05) is 25.5 Å². The summed E-state index contributed by atoms with van der Waals surface area (Å²) in [4.78, 5) is 24.8. The number of hydrogen-bond acceptors (Lipinski definition) is 7. The first-order chi connectivity index (χ1) is 13.6. The second-order valence-corrected chi connectivity index (χ2v) is 5.82. The van der Waals surface area contributed by atoms with Gasteiger partial charge in [0.2, 0.25) is 5.76 Å². The van der Waals surface area contributed by atoms with Crippen molar-refractivity contribution in [2.24, 2.45) is 5.73 Å². The molecule has 0 radical (unpaired) electrons. The number of nitrogens with two attached hydrogens (primary N) is 1. The number of anilines is 1. The molecule has 9 heteroatoms. The standard InChI is InChI=1S/C19H20N4O5/c1-26-15-6-5-12(10-13(15)18(24)21-8-3-7-20)22-19(25)14-11-17(28-23-14)16-4-2-9-27-16/h2,4-6,9-11H,3,7-8,20H2,1H3,(H,21,24)(H,22,25). The highest BCUT2D eigenvalue weighted by molar-refractivity contribution is 6.04. The van der Waals surface area contributed by atoms with E-state index in [0.29, 0.717) is 48.0 Å². The van der Waals surface area contributed by atoms with Gasteiger partial charge in [-0.05, 0) is 43.3 Å². The first kappa shape index (κ1) is 19.2. The monoisotopic (exact) mass is 384 g/mol. The largest absolute Gasteiger partial charge is 0.496 e. The van der Waals surface area contributed by atoms with E-state index in [0.717, 1.165) is 0 Å². The topological polar surface area (TPSA) is 133 Å². The summed E-state index contributed by atoms with van der Waals surface area (Å²) < 4.78 is 15.6. The molecule has 0 bridgehead atoms. The number of hydrogen-bond donors (Lipinski definition) is 3. The van der Waals surface area contributed by atoms with Crippen LogP contribution in [0.2, 0.25) is 0 Å². The van der Waals surface area contributed by atoms with Crippen LogP contribution in [0.4, 0.5) is 5.69 Å². The first-order valence-corrected chi connectivity index (χ1v) is 8.60. The predicted octanol–water partition coefficient (Wildman–Crippen LogP) is 2.27. The summed E-state index contributed by atoms with van der Waals surface area (Å²) in [6.07, 6.45) is 2.16. The molecule has 0 unspecified atom stereocenters. The smallest absolute Gasteiger partial charge is 0.277 e. The number of aromatic nitrogens is 1. The number of methoxy groups -OCH3 is 1. The molecule has 0 fully saturated rings. The van der Waals surface area contributed by atoms with Crippen molar-refractivity contribution < 1.29 is 23.3 Å². The molecule has 28 heavy (non-hydrogen) atoms. The van der Waals surface area contributed by atoms with Crippen molar-refractivity contribution in [1.82, 2.24) is 10.5 Å². The Morgan fingerprint density at radius 2 is 2.04 bits per heavy atom. The van der Waals surface area contributed by atoms with Crippen LogP contribution in [0.1, 0.15) is 27.3 Å². The minimum absolute atomic E-state index is 0.0798. The van der Waals surface area contributed by atoms with E-state index >= 15 is 0 Å². The van der Waals surface area contributed by atoms with E-state index in [1.54, 1.807) is 24.3 Å². The molecule has 2 amide bonds. The summed E-state index contributed by atoms with van der Waals surface area (Å²) in [6, 6.07) is 9.63. The number of carbonyl (C=O) groups excluding carboxylic acids is 2. The molecule has 3 aromatic rings. The fraction of sp³-hybridized carbons (Fsp3) is 0.211. The third-order valence-electron chi connectivity index (χ3n) is 3.88. The lowest BCUT2D eigenvalue weighted by atomic mass is 10.1. The lowest BCUT2D eigenvalue weighted by molar-refractivity contribution is 0.0948. The summed E-state index contributed by atoms with van der Waals surface area (Å²) in [5, 5.41) is 9.19. The minimum atomic E-state index is -0.485. The molecule has 0 saturated heterocycles. The number of rotatable bonds is 8. The van der Waals surface area contributed by atoms with Gasteiger partial charge in [-0.2, -0.15) is 0 Å². The van der Waals surface area contributed by atoms with Gasteiger partial charge in [-0.15, -0.1) is 0 Å². The molecule has 2 heterocycles. The van der Waals surface area contributed by atoms with E-state index in [1.165, 1.54) is 25.5 Å². The Morgan fingerprint density at radius 1 is 1.18 bits per heavy atom. The molecule has 4 N–H and O–H groups in total. The molecule has 146 valence electrons. The fourth-order valence-corrected chi connectivity index (χ4v) is 2.47. The molecule has 2 aromatic heterocycles. The molecule has 1 aromatic carbocycles. The van der Waals surface area contributed by atoms with Crippen molar-refractivity contribution in [1.29, 1.82) is 0 Å². The molecule has 0 aliphatic carbocycles. The zero-order valence-corrected chi connectivity index (χ0v) is 15.2. The van der Waals surface area contributed by atoms with Gasteiger partial charge in [0.05, 0.1) is 18.9 Å². The van der Waals surface area contributed by atoms with Crippen LogP contribution in [0, 0.1) is 0 Å². The van der Waals surface area contributed by atoms with Gasteiger partial charge in [-0.1, -0.05) is 5.16 Å². The Labute approximate surface area is 160 Å². The molecular weight excluding hydrogens is 364 g/mol. The number of nitrogens with one attached hydrogen (secondary N) is 2. The number of nitrogens with zero attached hydrogens (tertiary/aromatic N) is 1. The SMILES string of the molecule is COc1ccc(NC(=O)c2cc(-c3ccco3)on2)cc1C(=O)NCCCN. The summed E-state index contributed by atoms with van der Waals surface area (Å²) >= 11 is 0. The quantitative estimate of drug-likeness (QED) is 0.507. The molecule has 0 spiro atoms. The molecule has 9 nitrogen and oxygen atoms in total. The van der Waals surface area contributed by atoms with Crippen LogP contribution >= 0.6 is 0 Å². The molecule has 0 aliphatic rings. The van der Waals surface area contributed by atoms with Crippen molar-refractivity contribution in [2.45, 2.75) is 6.42 Å². The van der Waals surface area contributed by atoms with Gasteiger partial charge in [0, 0.05) is 18.3 Å². The minimum Gasteiger partial charge on any atom is -0.496 e. The molecule has 0 aliphatic heterocycles. The van der Waals surface area contributed by atoms with Crippen LogP contribution in [0.3, 0.4) is 0 Å². The summed E-state index contributed by atoms with van der Waals surface area (Å²) in [6.45, 7) is 0.925. The van der Waals surface area contributed by atoms with E-state index in [4.69, 9.17) is 19.4 Å². The zero-order chi connectivity index (χ0) is 19.9. The van der Waals surface area contributed by atoms with Gasteiger partial charge in [0.1, 0.15) is 5.75 Å². The van der Waals surface area contributed by atoms with Crippen LogP contribution in [0.5, 0.6) is 5.75 Å². The highest BCUT2D eigenvalue weighted by atomic mass is 16.5. The van der Waals surface area contributed by atoms with E-state index in [1.807, 2.05) is 0 Å². The van der Waals surface area contributed by atoms with E-state index in [2.05, 4.69) is 15.8 Å². The average molecular weight is 384 g/mol. The van der Waals surface area contributed by atoms with Crippen molar-refractivity contribution in [3.05, 3.63) is 53.9 Å². The highest BCUT2D eigenvalue weighted by Gasteiger charge is 2.17. The molecule has 0 saturated carbocycles. The molecular formula is C19H20N4O5. The van der Waals surface area contributed by atoms with E-state index in [-0.39, 0.29) is 11.6 Å². The molecule has 3 rings (SSSR count). The molecule has 0 atom stereocenters. The van der Waals surface area contributed by atoms with Gasteiger partial charge in [-0.3, -0.25) is 9.59 Å². The zero-order valence-electron chi connectivity index (χ0n) is 15.2. The van der Waals surface area contributed by atoms with Gasteiger partial charge < -0.3 is 30.0 Å². The maximum absolute atomic E-state index is 12.4. The first-order valence-electron chi connectivity index (χ1n) is 8.60. The Balaban J connectivity index is 1.74.